The second-order valence-corrected chi connectivity index (χ2v) is 6.40. The van der Waals surface area contributed by atoms with Crippen LogP contribution in [0.4, 0.5) is 0 Å². The number of nitrogens with zero attached hydrogens (tertiary/aromatic N) is 2. The molecule has 22 heavy (non-hydrogen) atoms. The minimum Gasteiger partial charge on any atom is -0.381 e. The lowest BCUT2D eigenvalue weighted by molar-refractivity contribution is 0.0309. The van der Waals surface area contributed by atoms with Crippen LogP contribution in [-0.2, 0) is 9.47 Å². The van der Waals surface area contributed by atoms with Crippen molar-refractivity contribution in [1.29, 1.82) is 0 Å². The first kappa shape index (κ1) is 21.9. The average molecular weight is 427 g/mol. The van der Waals surface area contributed by atoms with E-state index in [0.29, 0.717) is 6.54 Å². The molecule has 0 aromatic carbocycles. The van der Waals surface area contributed by atoms with E-state index in [9.17, 15) is 0 Å². The minimum atomic E-state index is -0.220. The molecule has 1 rings (SSSR count). The highest BCUT2D eigenvalue weighted by atomic mass is 127. The molecular weight excluding hydrogens is 393 g/mol. The van der Waals surface area contributed by atoms with Crippen molar-refractivity contribution in [3.63, 3.8) is 0 Å². The molecule has 1 aliphatic rings. The molecule has 0 unspecified atom stereocenters. The van der Waals surface area contributed by atoms with Gasteiger partial charge in [-0.1, -0.05) is 0 Å². The molecule has 132 valence electrons. The standard InChI is InChI=1S/C16H33N3O2.HI/c1-6-17-15(18-13-16(2,3)20-5)19(4)10-7-14-8-11-21-12-9-14;/h14H,6-13H2,1-5H3,(H,17,18);1H. The molecule has 0 radical (unpaired) electrons. The molecule has 1 heterocycles. The third-order valence-corrected chi connectivity index (χ3v) is 4.07. The van der Waals surface area contributed by atoms with Crippen molar-refractivity contribution in [2.45, 2.75) is 45.6 Å². The molecular formula is C16H34IN3O2. The van der Waals surface area contributed by atoms with Gasteiger partial charge in [0.05, 0.1) is 12.1 Å². The Morgan fingerprint density at radius 1 is 1.36 bits per heavy atom. The Morgan fingerprint density at radius 2 is 2.00 bits per heavy atom. The number of aliphatic imine (C=N–C) groups is 1. The Kier molecular flexibility index (Phi) is 11.4. The number of hydrogen-bond donors (Lipinski definition) is 1. The first-order valence-corrected chi connectivity index (χ1v) is 8.11. The second kappa shape index (κ2) is 11.5. The van der Waals surface area contributed by atoms with Crippen LogP contribution in [0.25, 0.3) is 0 Å². The second-order valence-electron chi connectivity index (χ2n) is 6.40. The Hall–Kier alpha value is -0.0800. The van der Waals surface area contributed by atoms with Crippen LogP contribution in [0.2, 0.25) is 0 Å². The monoisotopic (exact) mass is 427 g/mol. The van der Waals surface area contributed by atoms with E-state index >= 15 is 0 Å². The predicted molar refractivity (Wildman–Crippen MR) is 103 cm³/mol. The fourth-order valence-electron chi connectivity index (χ4n) is 2.32. The van der Waals surface area contributed by atoms with Gasteiger partial charge in [0.25, 0.3) is 0 Å². The fraction of sp³-hybridized carbons (Fsp3) is 0.938. The quantitative estimate of drug-likeness (QED) is 0.386. The van der Waals surface area contributed by atoms with E-state index in [1.807, 2.05) is 0 Å². The Balaban J connectivity index is 0.00000441. The van der Waals surface area contributed by atoms with E-state index in [4.69, 9.17) is 14.5 Å². The summed E-state index contributed by atoms with van der Waals surface area (Å²) in [5, 5.41) is 3.36. The fourth-order valence-corrected chi connectivity index (χ4v) is 2.32. The lowest BCUT2D eigenvalue weighted by Gasteiger charge is -2.28. The first-order valence-electron chi connectivity index (χ1n) is 8.11. The number of nitrogens with one attached hydrogen (secondary N) is 1. The van der Waals surface area contributed by atoms with Crippen LogP contribution >= 0.6 is 24.0 Å². The van der Waals surface area contributed by atoms with Crippen molar-refractivity contribution >= 4 is 29.9 Å². The molecule has 1 fully saturated rings. The summed E-state index contributed by atoms with van der Waals surface area (Å²) in [6, 6.07) is 0. The van der Waals surface area contributed by atoms with Gasteiger partial charge < -0.3 is 19.7 Å². The van der Waals surface area contributed by atoms with Gasteiger partial charge in [0.15, 0.2) is 5.96 Å². The van der Waals surface area contributed by atoms with Crippen molar-refractivity contribution in [3.05, 3.63) is 0 Å². The molecule has 1 N–H and O–H groups in total. The van der Waals surface area contributed by atoms with Crippen molar-refractivity contribution in [2.24, 2.45) is 10.9 Å². The normalized spacial score (nSPS) is 17.0. The van der Waals surface area contributed by atoms with Gasteiger partial charge in [-0.2, -0.15) is 0 Å². The molecule has 6 heteroatoms. The zero-order valence-corrected chi connectivity index (χ0v) is 17.2. The third kappa shape index (κ3) is 8.53. The highest BCUT2D eigenvalue weighted by Crippen LogP contribution is 2.18. The molecule has 0 saturated carbocycles. The van der Waals surface area contributed by atoms with Crippen LogP contribution in [0.1, 0.15) is 40.0 Å². The summed E-state index contributed by atoms with van der Waals surface area (Å²) in [4.78, 5) is 6.93. The van der Waals surface area contributed by atoms with Gasteiger partial charge in [0.2, 0.25) is 0 Å². The highest BCUT2D eigenvalue weighted by molar-refractivity contribution is 14.0. The molecule has 0 aromatic heterocycles. The van der Waals surface area contributed by atoms with E-state index in [-0.39, 0.29) is 29.6 Å². The van der Waals surface area contributed by atoms with Crippen molar-refractivity contribution in [2.75, 3.05) is 47.0 Å². The molecule has 1 aliphatic heterocycles. The molecule has 0 bridgehead atoms. The summed E-state index contributed by atoms with van der Waals surface area (Å²) in [5.74, 6) is 1.76. The lowest BCUT2D eigenvalue weighted by Crippen LogP contribution is -2.41. The smallest absolute Gasteiger partial charge is 0.193 e. The number of ether oxygens (including phenoxy) is 2. The van der Waals surface area contributed by atoms with E-state index in [2.05, 4.69) is 38.0 Å². The van der Waals surface area contributed by atoms with Crippen LogP contribution < -0.4 is 5.32 Å². The van der Waals surface area contributed by atoms with Gasteiger partial charge in [-0.3, -0.25) is 4.99 Å². The summed E-state index contributed by atoms with van der Waals surface area (Å²) in [5.41, 5.74) is -0.220. The Bertz CT molecular complexity index is 319. The van der Waals surface area contributed by atoms with E-state index in [0.717, 1.165) is 38.2 Å². The van der Waals surface area contributed by atoms with Crippen LogP contribution in [0.3, 0.4) is 0 Å². The van der Waals surface area contributed by atoms with Crippen molar-refractivity contribution in [1.82, 2.24) is 10.2 Å². The van der Waals surface area contributed by atoms with Gasteiger partial charge >= 0.3 is 0 Å². The van der Waals surface area contributed by atoms with Crippen molar-refractivity contribution in [3.8, 4) is 0 Å². The number of hydrogen-bond acceptors (Lipinski definition) is 3. The number of guanidine groups is 1. The maximum atomic E-state index is 5.43. The zero-order chi connectivity index (χ0) is 15.7. The largest absolute Gasteiger partial charge is 0.381 e. The number of rotatable bonds is 7. The van der Waals surface area contributed by atoms with Crippen LogP contribution in [0, 0.1) is 5.92 Å². The number of methoxy groups -OCH3 is 1. The summed E-state index contributed by atoms with van der Waals surface area (Å²) in [6.45, 7) is 10.6. The molecule has 5 nitrogen and oxygen atoms in total. The molecule has 0 atom stereocenters. The van der Waals surface area contributed by atoms with Crippen LogP contribution in [0.15, 0.2) is 4.99 Å². The molecule has 1 saturated heterocycles. The minimum absolute atomic E-state index is 0. The summed E-state index contributed by atoms with van der Waals surface area (Å²) >= 11 is 0. The topological polar surface area (TPSA) is 46.1 Å². The molecule has 0 spiro atoms. The average Bonchev–Trinajstić information content (AvgIpc) is 2.50. The van der Waals surface area contributed by atoms with Gasteiger partial charge in [-0.25, -0.2) is 0 Å². The van der Waals surface area contributed by atoms with Gasteiger partial charge in [-0.05, 0) is 46.0 Å². The van der Waals surface area contributed by atoms with E-state index in [1.54, 1.807) is 7.11 Å². The maximum Gasteiger partial charge on any atom is 0.193 e. The van der Waals surface area contributed by atoms with Gasteiger partial charge in [0.1, 0.15) is 0 Å². The zero-order valence-electron chi connectivity index (χ0n) is 14.9. The van der Waals surface area contributed by atoms with Gasteiger partial charge in [-0.15, -0.1) is 24.0 Å². The van der Waals surface area contributed by atoms with Crippen LogP contribution in [-0.4, -0.2) is 63.5 Å². The third-order valence-electron chi connectivity index (χ3n) is 4.07. The molecule has 0 amide bonds. The lowest BCUT2D eigenvalue weighted by atomic mass is 9.96. The predicted octanol–water partition coefficient (Wildman–Crippen LogP) is 2.74. The Labute approximate surface area is 153 Å². The number of halogens is 1. The SMILES string of the molecule is CCNC(=NCC(C)(C)OC)N(C)CCC1CCOCC1.I. The first-order chi connectivity index (χ1) is 9.98. The summed E-state index contributed by atoms with van der Waals surface area (Å²) in [6.07, 6.45) is 3.59. The molecule has 0 aliphatic carbocycles. The van der Waals surface area contributed by atoms with E-state index in [1.165, 1.54) is 19.3 Å². The van der Waals surface area contributed by atoms with E-state index < -0.39 is 0 Å². The molecule has 0 aromatic rings. The Morgan fingerprint density at radius 3 is 2.55 bits per heavy atom. The van der Waals surface area contributed by atoms with Crippen molar-refractivity contribution < 1.29 is 9.47 Å². The maximum absolute atomic E-state index is 5.43. The highest BCUT2D eigenvalue weighted by Gasteiger charge is 2.18. The van der Waals surface area contributed by atoms with Gasteiger partial charge in [0, 0.05) is 40.5 Å². The van der Waals surface area contributed by atoms with Crippen LogP contribution in [0.5, 0.6) is 0 Å². The summed E-state index contributed by atoms with van der Waals surface area (Å²) < 4.78 is 10.9. The summed E-state index contributed by atoms with van der Waals surface area (Å²) in [7, 11) is 3.85.